The van der Waals surface area contributed by atoms with Gasteiger partial charge in [0.1, 0.15) is 5.82 Å². The largest absolute Gasteiger partial charge is 0.392 e. The molecule has 0 aliphatic heterocycles. The Balaban J connectivity index is 2.29. The molecule has 18 heavy (non-hydrogen) atoms. The number of nitrogens with two attached hydrogens (primary N) is 1. The fourth-order valence-electron chi connectivity index (χ4n) is 1.32. The molecule has 0 aliphatic rings. The van der Waals surface area contributed by atoms with E-state index in [0.717, 1.165) is 0 Å². The standard InChI is InChI=1S/C12H18N4O2/c1-9(10(17)8-11(13)18)5-7-15-16-12-4-2-3-6-14-12/h2-4,6-7,9-10,17H,5,8H2,1H3,(H2,13,18)(H,14,16)/b15-7+/t9-,10+/m1/s1. The Labute approximate surface area is 106 Å². The van der Waals surface area contributed by atoms with Crippen molar-refractivity contribution in [2.24, 2.45) is 16.8 Å². The number of aromatic nitrogens is 1. The van der Waals surface area contributed by atoms with Crippen LogP contribution < -0.4 is 11.2 Å². The molecule has 0 fully saturated rings. The second-order valence-electron chi connectivity index (χ2n) is 4.09. The molecule has 0 radical (unpaired) electrons. The SMILES string of the molecule is C[C@H](C/C=N/Nc1ccccn1)[C@@H](O)CC(N)=O. The molecule has 0 saturated carbocycles. The van der Waals surface area contributed by atoms with Gasteiger partial charge < -0.3 is 10.8 Å². The van der Waals surface area contributed by atoms with Gasteiger partial charge in [0.15, 0.2) is 0 Å². The highest BCUT2D eigenvalue weighted by atomic mass is 16.3. The van der Waals surface area contributed by atoms with Crippen molar-refractivity contribution in [2.75, 3.05) is 5.43 Å². The highest BCUT2D eigenvalue weighted by Crippen LogP contribution is 2.09. The zero-order valence-corrected chi connectivity index (χ0v) is 10.3. The number of hydrogen-bond donors (Lipinski definition) is 3. The lowest BCUT2D eigenvalue weighted by atomic mass is 9.99. The smallest absolute Gasteiger partial charge is 0.220 e. The molecule has 0 saturated heterocycles. The highest BCUT2D eigenvalue weighted by Gasteiger charge is 2.15. The lowest BCUT2D eigenvalue weighted by Gasteiger charge is -2.14. The average Bonchev–Trinajstić information content (AvgIpc) is 2.34. The van der Waals surface area contributed by atoms with Crippen LogP contribution in [0.25, 0.3) is 0 Å². The summed E-state index contributed by atoms with van der Waals surface area (Å²) >= 11 is 0. The Bertz CT molecular complexity index is 394. The van der Waals surface area contributed by atoms with Gasteiger partial charge in [0.25, 0.3) is 0 Å². The van der Waals surface area contributed by atoms with Crippen LogP contribution in [0, 0.1) is 5.92 Å². The van der Waals surface area contributed by atoms with Gasteiger partial charge in [-0.15, -0.1) is 0 Å². The van der Waals surface area contributed by atoms with E-state index in [9.17, 15) is 9.90 Å². The predicted molar refractivity (Wildman–Crippen MR) is 70.0 cm³/mol. The van der Waals surface area contributed by atoms with Gasteiger partial charge in [-0.3, -0.25) is 10.2 Å². The first-order valence-corrected chi connectivity index (χ1v) is 5.74. The van der Waals surface area contributed by atoms with Gasteiger partial charge in [0.2, 0.25) is 5.91 Å². The number of carbonyl (C=O) groups is 1. The summed E-state index contributed by atoms with van der Waals surface area (Å²) in [6.07, 6.45) is 3.10. The van der Waals surface area contributed by atoms with Gasteiger partial charge in [0.05, 0.1) is 12.5 Å². The first-order valence-electron chi connectivity index (χ1n) is 5.74. The number of aliphatic hydroxyl groups is 1. The molecule has 4 N–H and O–H groups in total. The van der Waals surface area contributed by atoms with Crippen LogP contribution in [0.4, 0.5) is 5.82 Å². The van der Waals surface area contributed by atoms with Crippen molar-refractivity contribution in [3.05, 3.63) is 24.4 Å². The van der Waals surface area contributed by atoms with Crippen LogP contribution in [-0.2, 0) is 4.79 Å². The molecule has 0 aliphatic carbocycles. The zero-order chi connectivity index (χ0) is 13.4. The molecular weight excluding hydrogens is 232 g/mol. The van der Waals surface area contributed by atoms with Crippen molar-refractivity contribution in [1.82, 2.24) is 4.98 Å². The van der Waals surface area contributed by atoms with E-state index < -0.39 is 12.0 Å². The predicted octanol–water partition coefficient (Wildman–Crippen LogP) is 0.742. The van der Waals surface area contributed by atoms with Crippen LogP contribution >= 0.6 is 0 Å². The Morgan fingerprint density at radius 3 is 3.06 bits per heavy atom. The number of hydrazone groups is 1. The summed E-state index contributed by atoms with van der Waals surface area (Å²) in [5.74, 6) is 0.0729. The van der Waals surface area contributed by atoms with E-state index in [1.165, 1.54) is 0 Å². The third-order valence-corrected chi connectivity index (χ3v) is 2.48. The Hall–Kier alpha value is -1.95. The zero-order valence-electron chi connectivity index (χ0n) is 10.3. The molecule has 2 atom stereocenters. The van der Waals surface area contributed by atoms with Crippen LogP contribution in [0.2, 0.25) is 0 Å². The van der Waals surface area contributed by atoms with E-state index in [1.54, 1.807) is 18.5 Å². The second kappa shape index (κ2) is 7.39. The number of anilines is 1. The number of rotatable bonds is 7. The molecule has 0 bridgehead atoms. The van der Waals surface area contributed by atoms with Crippen LogP contribution in [0.15, 0.2) is 29.5 Å². The third-order valence-electron chi connectivity index (χ3n) is 2.48. The topological polar surface area (TPSA) is 101 Å². The van der Waals surface area contributed by atoms with Crippen LogP contribution in [0.3, 0.4) is 0 Å². The summed E-state index contributed by atoms with van der Waals surface area (Å²) in [5, 5.41) is 13.6. The third kappa shape index (κ3) is 5.40. The van der Waals surface area contributed by atoms with E-state index in [1.807, 2.05) is 19.1 Å². The van der Waals surface area contributed by atoms with Gasteiger partial charge in [-0.25, -0.2) is 4.98 Å². The van der Waals surface area contributed by atoms with Gasteiger partial charge in [0, 0.05) is 12.4 Å². The molecule has 6 nitrogen and oxygen atoms in total. The van der Waals surface area contributed by atoms with Crippen LogP contribution in [0.1, 0.15) is 19.8 Å². The Morgan fingerprint density at radius 1 is 1.67 bits per heavy atom. The molecule has 98 valence electrons. The first kappa shape index (κ1) is 14.1. The van der Waals surface area contributed by atoms with Crippen molar-refractivity contribution < 1.29 is 9.90 Å². The molecule has 0 aromatic carbocycles. The molecule has 1 aromatic rings. The summed E-state index contributed by atoms with van der Waals surface area (Å²) in [6, 6.07) is 5.46. The normalized spacial score (nSPS) is 14.3. The number of carbonyl (C=O) groups excluding carboxylic acids is 1. The van der Waals surface area contributed by atoms with E-state index in [2.05, 4.69) is 15.5 Å². The van der Waals surface area contributed by atoms with E-state index in [4.69, 9.17) is 5.73 Å². The highest BCUT2D eigenvalue weighted by molar-refractivity contribution is 5.74. The van der Waals surface area contributed by atoms with Gasteiger partial charge in [-0.1, -0.05) is 13.0 Å². The Kier molecular flexibility index (Phi) is 5.79. The number of amides is 1. The quantitative estimate of drug-likeness (QED) is 0.491. The summed E-state index contributed by atoms with van der Waals surface area (Å²) < 4.78 is 0. The molecule has 0 unspecified atom stereocenters. The van der Waals surface area contributed by atoms with Crippen molar-refractivity contribution in [2.45, 2.75) is 25.9 Å². The van der Waals surface area contributed by atoms with E-state index in [-0.39, 0.29) is 12.3 Å². The second-order valence-corrected chi connectivity index (χ2v) is 4.09. The van der Waals surface area contributed by atoms with Crippen molar-refractivity contribution in [1.29, 1.82) is 0 Å². The number of nitrogens with zero attached hydrogens (tertiary/aromatic N) is 2. The molecular formula is C12H18N4O2. The van der Waals surface area contributed by atoms with Crippen molar-refractivity contribution in [3.8, 4) is 0 Å². The van der Waals surface area contributed by atoms with Crippen molar-refractivity contribution in [3.63, 3.8) is 0 Å². The maximum Gasteiger partial charge on any atom is 0.220 e. The summed E-state index contributed by atoms with van der Waals surface area (Å²) in [6.45, 7) is 1.83. The molecule has 1 aromatic heterocycles. The fraction of sp³-hybridized carbons (Fsp3) is 0.417. The number of aliphatic hydroxyl groups excluding tert-OH is 1. The van der Waals surface area contributed by atoms with Gasteiger partial charge in [-0.05, 0) is 24.5 Å². The Morgan fingerprint density at radius 2 is 2.44 bits per heavy atom. The lowest BCUT2D eigenvalue weighted by Crippen LogP contribution is -2.25. The van der Waals surface area contributed by atoms with Crippen LogP contribution in [0.5, 0.6) is 0 Å². The molecule has 1 amide bonds. The fourth-order valence-corrected chi connectivity index (χ4v) is 1.32. The van der Waals surface area contributed by atoms with E-state index in [0.29, 0.717) is 12.2 Å². The summed E-state index contributed by atoms with van der Waals surface area (Å²) in [7, 11) is 0. The summed E-state index contributed by atoms with van der Waals surface area (Å²) in [5.41, 5.74) is 7.77. The molecule has 1 heterocycles. The average molecular weight is 250 g/mol. The number of nitrogens with one attached hydrogen (secondary N) is 1. The number of pyridine rings is 1. The lowest BCUT2D eigenvalue weighted by molar-refractivity contribution is -0.120. The molecule has 0 spiro atoms. The first-order chi connectivity index (χ1) is 8.59. The van der Waals surface area contributed by atoms with Gasteiger partial charge >= 0.3 is 0 Å². The minimum atomic E-state index is -0.733. The van der Waals surface area contributed by atoms with Crippen LogP contribution in [-0.4, -0.2) is 28.3 Å². The summed E-state index contributed by atoms with van der Waals surface area (Å²) in [4.78, 5) is 14.7. The minimum Gasteiger partial charge on any atom is -0.392 e. The minimum absolute atomic E-state index is 0.0251. The maximum absolute atomic E-state index is 10.6. The monoisotopic (exact) mass is 250 g/mol. The number of hydrogen-bond acceptors (Lipinski definition) is 5. The molecule has 6 heteroatoms. The van der Waals surface area contributed by atoms with Crippen molar-refractivity contribution >= 4 is 17.9 Å². The maximum atomic E-state index is 10.6. The number of primary amides is 1. The molecule has 1 rings (SSSR count). The van der Waals surface area contributed by atoms with E-state index >= 15 is 0 Å². The van der Waals surface area contributed by atoms with Gasteiger partial charge in [-0.2, -0.15) is 5.10 Å².